The monoisotopic (exact) mass is 297 g/mol. The van der Waals surface area contributed by atoms with E-state index >= 15 is 0 Å². The molecule has 0 aliphatic carbocycles. The van der Waals surface area contributed by atoms with Gasteiger partial charge in [0.15, 0.2) is 0 Å². The summed E-state index contributed by atoms with van der Waals surface area (Å²) in [5, 5.41) is 13.7. The first-order valence-corrected chi connectivity index (χ1v) is 7.32. The summed E-state index contributed by atoms with van der Waals surface area (Å²) in [6.07, 6.45) is 0.841. The van der Waals surface area contributed by atoms with Crippen LogP contribution in [0.5, 0.6) is 0 Å². The van der Waals surface area contributed by atoms with Gasteiger partial charge in [0, 0.05) is 16.5 Å². The Hall–Kier alpha value is -2.13. The van der Waals surface area contributed by atoms with Gasteiger partial charge in [-0.1, -0.05) is 48.0 Å². The summed E-state index contributed by atoms with van der Waals surface area (Å²) in [5.41, 5.74) is 2.04. The fourth-order valence-electron chi connectivity index (χ4n) is 2.35. The largest absolute Gasteiger partial charge is 0.366 e. The van der Waals surface area contributed by atoms with Crippen molar-refractivity contribution < 1.29 is 0 Å². The van der Waals surface area contributed by atoms with Crippen LogP contribution in [-0.2, 0) is 6.42 Å². The van der Waals surface area contributed by atoms with Crippen LogP contribution in [0.15, 0.2) is 54.6 Å². The van der Waals surface area contributed by atoms with Gasteiger partial charge in [0.1, 0.15) is 5.82 Å². The van der Waals surface area contributed by atoms with Gasteiger partial charge in [-0.15, -0.1) is 10.2 Å². The molecule has 0 spiro atoms. The molecule has 2 aromatic carbocycles. The van der Waals surface area contributed by atoms with Gasteiger partial charge >= 0.3 is 0 Å². The first-order chi connectivity index (χ1) is 10.2. The molecule has 0 amide bonds. The molecular formula is C17H16ClN3. The first-order valence-electron chi connectivity index (χ1n) is 6.95. The highest BCUT2D eigenvalue weighted by Crippen LogP contribution is 2.19. The molecule has 106 valence electrons. The predicted molar refractivity (Wildman–Crippen MR) is 87.8 cm³/mol. The third kappa shape index (κ3) is 3.31. The van der Waals surface area contributed by atoms with Crippen molar-refractivity contribution in [3.8, 4) is 0 Å². The summed E-state index contributed by atoms with van der Waals surface area (Å²) in [5.74, 6) is 0.785. The number of fused-ring (bicyclic) bond motifs is 1. The maximum Gasteiger partial charge on any atom is 0.149 e. The van der Waals surface area contributed by atoms with Crippen LogP contribution in [0.25, 0.3) is 10.9 Å². The number of hydrogen-bond acceptors (Lipinski definition) is 3. The molecule has 21 heavy (non-hydrogen) atoms. The van der Waals surface area contributed by atoms with E-state index in [-0.39, 0.29) is 6.04 Å². The molecule has 0 fully saturated rings. The van der Waals surface area contributed by atoms with Crippen LogP contribution < -0.4 is 5.32 Å². The molecule has 1 N–H and O–H groups in total. The highest BCUT2D eigenvalue weighted by Gasteiger charge is 2.08. The maximum absolute atomic E-state index is 6.19. The van der Waals surface area contributed by atoms with Gasteiger partial charge in [-0.05, 0) is 37.1 Å². The Morgan fingerprint density at radius 3 is 2.67 bits per heavy atom. The SMILES string of the molecule is CC(Cc1ccccc1Cl)Nc1cc2ccccc2nn1. The molecule has 4 heteroatoms. The van der Waals surface area contributed by atoms with Crippen molar-refractivity contribution in [3.63, 3.8) is 0 Å². The minimum absolute atomic E-state index is 0.223. The average molecular weight is 298 g/mol. The van der Waals surface area contributed by atoms with Gasteiger partial charge in [-0.25, -0.2) is 0 Å². The van der Waals surface area contributed by atoms with Crippen LogP contribution in [0, 0.1) is 0 Å². The third-order valence-corrected chi connectivity index (χ3v) is 3.74. The van der Waals surface area contributed by atoms with Crippen molar-refractivity contribution >= 4 is 28.3 Å². The Morgan fingerprint density at radius 1 is 1.05 bits per heavy atom. The molecule has 0 bridgehead atoms. The zero-order valence-corrected chi connectivity index (χ0v) is 12.5. The van der Waals surface area contributed by atoms with Gasteiger partial charge in [0.2, 0.25) is 0 Å². The summed E-state index contributed by atoms with van der Waals surface area (Å²) in [7, 11) is 0. The fourth-order valence-corrected chi connectivity index (χ4v) is 2.57. The van der Waals surface area contributed by atoms with Crippen molar-refractivity contribution in [2.24, 2.45) is 0 Å². The minimum Gasteiger partial charge on any atom is -0.366 e. The number of nitrogens with one attached hydrogen (secondary N) is 1. The van der Waals surface area contributed by atoms with Gasteiger partial charge in [0.25, 0.3) is 0 Å². The van der Waals surface area contributed by atoms with E-state index in [0.29, 0.717) is 0 Å². The van der Waals surface area contributed by atoms with E-state index in [1.54, 1.807) is 0 Å². The summed E-state index contributed by atoms with van der Waals surface area (Å²) >= 11 is 6.19. The zero-order chi connectivity index (χ0) is 14.7. The topological polar surface area (TPSA) is 37.8 Å². The van der Waals surface area contributed by atoms with Crippen LogP contribution >= 0.6 is 11.6 Å². The van der Waals surface area contributed by atoms with Gasteiger partial charge in [-0.2, -0.15) is 0 Å². The van der Waals surface area contributed by atoms with E-state index < -0.39 is 0 Å². The molecule has 1 atom stereocenters. The van der Waals surface area contributed by atoms with Crippen LogP contribution in [0.3, 0.4) is 0 Å². The van der Waals surface area contributed by atoms with Crippen molar-refractivity contribution in [3.05, 3.63) is 65.2 Å². The van der Waals surface area contributed by atoms with Crippen LogP contribution in [0.2, 0.25) is 5.02 Å². The molecule has 0 saturated heterocycles. The van der Waals surface area contributed by atoms with E-state index in [4.69, 9.17) is 11.6 Å². The standard InChI is InChI=1S/C17H16ClN3/c1-12(10-13-6-2-4-8-15(13)18)19-17-11-14-7-3-5-9-16(14)20-21-17/h2-9,11-12H,10H2,1H3,(H,19,21). The van der Waals surface area contributed by atoms with Gasteiger partial charge < -0.3 is 5.32 Å². The number of anilines is 1. The number of nitrogens with zero attached hydrogens (tertiary/aromatic N) is 2. The van der Waals surface area contributed by atoms with E-state index in [1.807, 2.05) is 54.6 Å². The number of halogens is 1. The number of benzene rings is 2. The maximum atomic E-state index is 6.19. The first kappa shape index (κ1) is 13.8. The molecule has 3 aromatic rings. The molecule has 3 rings (SSSR count). The second-order valence-corrected chi connectivity index (χ2v) is 5.54. The van der Waals surface area contributed by atoms with Crippen LogP contribution in [-0.4, -0.2) is 16.2 Å². The van der Waals surface area contributed by atoms with Crippen molar-refractivity contribution in [2.75, 3.05) is 5.32 Å². The second-order valence-electron chi connectivity index (χ2n) is 5.13. The Morgan fingerprint density at radius 2 is 1.81 bits per heavy atom. The summed E-state index contributed by atoms with van der Waals surface area (Å²) in [4.78, 5) is 0. The Balaban J connectivity index is 1.74. The molecule has 1 unspecified atom stereocenters. The average Bonchev–Trinajstić information content (AvgIpc) is 2.49. The number of hydrogen-bond donors (Lipinski definition) is 1. The fraction of sp³-hybridized carbons (Fsp3) is 0.176. The molecule has 0 aliphatic rings. The lowest BCUT2D eigenvalue weighted by molar-refractivity contribution is 0.781. The Bertz CT molecular complexity index is 758. The molecule has 3 nitrogen and oxygen atoms in total. The lowest BCUT2D eigenvalue weighted by Crippen LogP contribution is -2.19. The Labute approximate surface area is 129 Å². The summed E-state index contributed by atoms with van der Waals surface area (Å²) < 4.78 is 0. The second kappa shape index (κ2) is 6.10. The molecular weight excluding hydrogens is 282 g/mol. The molecule has 0 radical (unpaired) electrons. The van der Waals surface area contributed by atoms with Crippen LogP contribution in [0.1, 0.15) is 12.5 Å². The lowest BCUT2D eigenvalue weighted by Gasteiger charge is -2.15. The summed E-state index contributed by atoms with van der Waals surface area (Å²) in [6, 6.07) is 18.1. The smallest absolute Gasteiger partial charge is 0.149 e. The van der Waals surface area contributed by atoms with E-state index in [2.05, 4.69) is 22.4 Å². The quantitative estimate of drug-likeness (QED) is 0.779. The third-order valence-electron chi connectivity index (χ3n) is 3.37. The van der Waals surface area contributed by atoms with E-state index in [9.17, 15) is 0 Å². The van der Waals surface area contributed by atoms with E-state index in [1.165, 1.54) is 0 Å². The predicted octanol–water partition coefficient (Wildman–Crippen LogP) is 4.33. The molecule has 1 aromatic heterocycles. The number of rotatable bonds is 4. The van der Waals surface area contributed by atoms with Crippen molar-refractivity contribution in [2.45, 2.75) is 19.4 Å². The van der Waals surface area contributed by atoms with Gasteiger partial charge in [0.05, 0.1) is 5.52 Å². The van der Waals surface area contributed by atoms with Gasteiger partial charge in [-0.3, -0.25) is 0 Å². The molecule has 1 heterocycles. The van der Waals surface area contributed by atoms with E-state index in [0.717, 1.165) is 33.7 Å². The number of aromatic nitrogens is 2. The zero-order valence-electron chi connectivity index (χ0n) is 11.8. The lowest BCUT2D eigenvalue weighted by atomic mass is 10.1. The van der Waals surface area contributed by atoms with Crippen molar-refractivity contribution in [1.82, 2.24) is 10.2 Å². The summed E-state index contributed by atoms with van der Waals surface area (Å²) in [6.45, 7) is 2.11. The molecule has 0 saturated carbocycles. The normalized spacial score (nSPS) is 12.3. The Kier molecular flexibility index (Phi) is 4.02. The van der Waals surface area contributed by atoms with Crippen molar-refractivity contribution in [1.29, 1.82) is 0 Å². The molecule has 0 aliphatic heterocycles. The highest BCUT2D eigenvalue weighted by molar-refractivity contribution is 6.31. The van der Waals surface area contributed by atoms with Crippen LogP contribution in [0.4, 0.5) is 5.82 Å². The minimum atomic E-state index is 0.223. The highest BCUT2D eigenvalue weighted by atomic mass is 35.5.